The molecule has 0 aromatic carbocycles. The molecule has 0 spiro atoms. The summed E-state index contributed by atoms with van der Waals surface area (Å²) >= 11 is 0. The molecule has 0 unspecified atom stereocenters. The van der Waals surface area contributed by atoms with Crippen LogP contribution in [0.15, 0.2) is 122 Å². The summed E-state index contributed by atoms with van der Waals surface area (Å²) in [5.74, 6) is -0.984. The largest absolute Gasteiger partial charge is 0.462 e. The van der Waals surface area contributed by atoms with Crippen molar-refractivity contribution in [2.45, 2.75) is 252 Å². The molecule has 6 nitrogen and oxygen atoms in total. The van der Waals surface area contributed by atoms with Gasteiger partial charge in [0.2, 0.25) is 0 Å². The van der Waals surface area contributed by atoms with Crippen LogP contribution in [0.3, 0.4) is 0 Å². The highest BCUT2D eigenvalue weighted by Crippen LogP contribution is 2.13. The van der Waals surface area contributed by atoms with E-state index < -0.39 is 6.10 Å². The maximum Gasteiger partial charge on any atom is 0.306 e. The summed E-state index contributed by atoms with van der Waals surface area (Å²) in [6.07, 6.45) is 78.9. The van der Waals surface area contributed by atoms with E-state index in [9.17, 15) is 14.4 Å². The van der Waals surface area contributed by atoms with Gasteiger partial charge in [0.25, 0.3) is 0 Å². The summed E-state index contributed by atoms with van der Waals surface area (Å²) in [5, 5.41) is 0. The highest BCUT2D eigenvalue weighted by molar-refractivity contribution is 5.71. The zero-order valence-corrected chi connectivity index (χ0v) is 45.2. The molecule has 70 heavy (non-hydrogen) atoms. The first-order chi connectivity index (χ1) is 34.5. The molecule has 0 aliphatic carbocycles. The van der Waals surface area contributed by atoms with Gasteiger partial charge < -0.3 is 14.2 Å². The average Bonchev–Trinajstić information content (AvgIpc) is 3.36. The van der Waals surface area contributed by atoms with Crippen molar-refractivity contribution in [3.05, 3.63) is 122 Å². The molecule has 0 aromatic rings. The van der Waals surface area contributed by atoms with E-state index in [1.54, 1.807) is 0 Å². The van der Waals surface area contributed by atoms with Crippen LogP contribution in [-0.2, 0) is 28.6 Å². The Morgan fingerprint density at radius 1 is 0.300 bits per heavy atom. The molecule has 0 aromatic heterocycles. The summed E-state index contributed by atoms with van der Waals surface area (Å²) in [6.45, 7) is 6.42. The van der Waals surface area contributed by atoms with Crippen molar-refractivity contribution in [3.63, 3.8) is 0 Å². The van der Waals surface area contributed by atoms with Gasteiger partial charge in [-0.05, 0) is 135 Å². The molecular weight excluding hydrogens is 865 g/mol. The predicted molar refractivity (Wildman–Crippen MR) is 302 cm³/mol. The standard InChI is InChI=1S/C64H104O6/c1-4-7-10-13-16-19-22-25-28-30-32-34-36-39-42-45-48-51-54-57-63(66)69-60-61(59-68-62(65)56-53-50-47-44-41-38-27-24-21-18-15-12-9-6-3)70-64(67)58-55-52-49-46-43-40-37-35-33-31-29-26-23-20-17-14-11-8-5-2/h7,10,16-17,19-20,24-29,32-35,39-40,42-43,61H,4-6,8-9,11-15,18,21-23,30-31,36-38,41,44-60H2,1-3H3/b10-7+,19-16+,20-17+,27-24+,28-25+,29-26+,34-32+,35-33+,42-39+,43-40+/t61-/m1/s1. The van der Waals surface area contributed by atoms with Gasteiger partial charge in [0.15, 0.2) is 6.10 Å². The van der Waals surface area contributed by atoms with Crippen LogP contribution < -0.4 is 0 Å². The lowest BCUT2D eigenvalue weighted by Crippen LogP contribution is -2.30. The topological polar surface area (TPSA) is 78.9 Å². The summed E-state index contributed by atoms with van der Waals surface area (Å²) in [7, 11) is 0. The quantitative estimate of drug-likeness (QED) is 0.0262. The molecule has 0 aliphatic heterocycles. The SMILES string of the molecule is CC/C=C/C/C=C/C/C=C/C/C=C/C/C=C/CCCCCC(=O)OC[C@@H](COC(=O)CCCCCCC/C=C/CCCCCCC)OC(=O)CCCCC/C=C/C/C=C/C/C=C/C/C=C/CCCCC. The third kappa shape index (κ3) is 54.7. The van der Waals surface area contributed by atoms with Gasteiger partial charge in [-0.25, -0.2) is 0 Å². The Kier molecular flexibility index (Phi) is 54.0. The fourth-order valence-electron chi connectivity index (χ4n) is 7.39. The molecule has 1 atom stereocenters. The maximum atomic E-state index is 12.9. The average molecular weight is 970 g/mol. The van der Waals surface area contributed by atoms with E-state index in [0.29, 0.717) is 19.3 Å². The molecule has 396 valence electrons. The number of rotatable bonds is 50. The zero-order valence-electron chi connectivity index (χ0n) is 45.2. The van der Waals surface area contributed by atoms with Crippen molar-refractivity contribution in [2.75, 3.05) is 13.2 Å². The molecule has 0 bridgehead atoms. The Morgan fingerprint density at radius 2 is 0.557 bits per heavy atom. The van der Waals surface area contributed by atoms with Gasteiger partial charge >= 0.3 is 17.9 Å². The number of allylic oxidation sites excluding steroid dienone is 20. The van der Waals surface area contributed by atoms with Crippen LogP contribution in [0.4, 0.5) is 0 Å². The molecule has 6 heteroatoms. The van der Waals surface area contributed by atoms with Crippen molar-refractivity contribution < 1.29 is 28.6 Å². The van der Waals surface area contributed by atoms with Gasteiger partial charge in [-0.1, -0.05) is 213 Å². The first kappa shape index (κ1) is 65.8. The highest BCUT2D eigenvalue weighted by atomic mass is 16.6. The number of carbonyl (C=O) groups is 3. The molecule has 0 amide bonds. The molecule has 0 heterocycles. The fraction of sp³-hybridized carbons (Fsp3) is 0.641. The van der Waals surface area contributed by atoms with E-state index in [1.807, 2.05) is 0 Å². The molecule has 0 radical (unpaired) electrons. The van der Waals surface area contributed by atoms with Crippen molar-refractivity contribution >= 4 is 17.9 Å². The predicted octanol–water partition coefficient (Wildman–Crippen LogP) is 19.3. The Hall–Kier alpha value is -4.19. The van der Waals surface area contributed by atoms with Crippen LogP contribution in [0.5, 0.6) is 0 Å². The van der Waals surface area contributed by atoms with Gasteiger partial charge in [-0.15, -0.1) is 0 Å². The first-order valence-corrected chi connectivity index (χ1v) is 28.5. The lowest BCUT2D eigenvalue weighted by Gasteiger charge is -2.18. The van der Waals surface area contributed by atoms with Crippen molar-refractivity contribution in [1.82, 2.24) is 0 Å². The lowest BCUT2D eigenvalue weighted by atomic mass is 10.1. The van der Waals surface area contributed by atoms with Crippen LogP contribution in [0, 0.1) is 0 Å². The maximum absolute atomic E-state index is 12.9. The van der Waals surface area contributed by atoms with E-state index >= 15 is 0 Å². The normalized spacial score (nSPS) is 13.0. The van der Waals surface area contributed by atoms with E-state index in [1.165, 1.54) is 70.6 Å². The Morgan fingerprint density at radius 3 is 0.929 bits per heavy atom. The summed E-state index contributed by atoms with van der Waals surface area (Å²) in [4.78, 5) is 38.1. The van der Waals surface area contributed by atoms with Crippen LogP contribution >= 0.6 is 0 Å². The Bertz CT molecular complexity index is 1490. The smallest absolute Gasteiger partial charge is 0.306 e. The second-order valence-electron chi connectivity index (χ2n) is 18.5. The van der Waals surface area contributed by atoms with Crippen LogP contribution in [-0.4, -0.2) is 37.2 Å². The number of ether oxygens (including phenoxy) is 3. The summed E-state index contributed by atoms with van der Waals surface area (Å²) < 4.78 is 16.8. The first-order valence-electron chi connectivity index (χ1n) is 28.5. The third-order valence-electron chi connectivity index (χ3n) is 11.7. The molecule has 0 N–H and O–H groups in total. The van der Waals surface area contributed by atoms with E-state index in [-0.39, 0.29) is 37.5 Å². The Labute approximate surface area is 431 Å². The van der Waals surface area contributed by atoms with Gasteiger partial charge in [0.1, 0.15) is 13.2 Å². The number of hydrogen-bond acceptors (Lipinski definition) is 6. The van der Waals surface area contributed by atoms with Crippen LogP contribution in [0.25, 0.3) is 0 Å². The third-order valence-corrected chi connectivity index (χ3v) is 11.7. The minimum Gasteiger partial charge on any atom is -0.462 e. The van der Waals surface area contributed by atoms with Crippen molar-refractivity contribution in [2.24, 2.45) is 0 Å². The number of carbonyl (C=O) groups excluding carboxylic acids is 3. The molecule has 0 saturated carbocycles. The molecule has 0 fully saturated rings. The molecule has 0 aliphatic rings. The van der Waals surface area contributed by atoms with Crippen LogP contribution in [0.1, 0.15) is 245 Å². The number of hydrogen-bond donors (Lipinski definition) is 0. The minimum absolute atomic E-state index is 0.109. The van der Waals surface area contributed by atoms with Crippen molar-refractivity contribution in [1.29, 1.82) is 0 Å². The van der Waals surface area contributed by atoms with E-state index in [2.05, 4.69) is 142 Å². The van der Waals surface area contributed by atoms with Gasteiger partial charge in [-0.2, -0.15) is 0 Å². The monoisotopic (exact) mass is 969 g/mol. The Balaban J connectivity index is 4.54. The molecular formula is C64H104O6. The van der Waals surface area contributed by atoms with Crippen molar-refractivity contribution in [3.8, 4) is 0 Å². The highest BCUT2D eigenvalue weighted by Gasteiger charge is 2.19. The second kappa shape index (κ2) is 57.4. The fourth-order valence-corrected chi connectivity index (χ4v) is 7.39. The van der Waals surface area contributed by atoms with Gasteiger partial charge in [0, 0.05) is 19.3 Å². The van der Waals surface area contributed by atoms with E-state index in [4.69, 9.17) is 14.2 Å². The zero-order chi connectivity index (χ0) is 50.7. The summed E-state index contributed by atoms with van der Waals surface area (Å²) in [5.41, 5.74) is 0. The second-order valence-corrected chi connectivity index (χ2v) is 18.5. The van der Waals surface area contributed by atoms with E-state index in [0.717, 1.165) is 128 Å². The molecule has 0 rings (SSSR count). The number of unbranched alkanes of at least 4 members (excludes halogenated alkanes) is 19. The summed E-state index contributed by atoms with van der Waals surface area (Å²) in [6, 6.07) is 0. The lowest BCUT2D eigenvalue weighted by molar-refractivity contribution is -0.167. The van der Waals surface area contributed by atoms with Gasteiger partial charge in [0.05, 0.1) is 0 Å². The van der Waals surface area contributed by atoms with Crippen LogP contribution in [0.2, 0.25) is 0 Å². The minimum atomic E-state index is -0.816. The number of esters is 3. The van der Waals surface area contributed by atoms with Gasteiger partial charge in [-0.3, -0.25) is 14.4 Å². The molecule has 0 saturated heterocycles.